The van der Waals surface area contributed by atoms with Gasteiger partial charge in [-0.1, -0.05) is 12.1 Å². The van der Waals surface area contributed by atoms with E-state index in [1.807, 2.05) is 38.1 Å². The minimum Gasteiger partial charge on any atom is -0.376 e. The van der Waals surface area contributed by atoms with Gasteiger partial charge in [0, 0.05) is 30.3 Å². The number of sulfone groups is 1. The van der Waals surface area contributed by atoms with E-state index in [4.69, 9.17) is 19.4 Å². The lowest BCUT2D eigenvalue weighted by atomic mass is 10.0. The first-order valence-corrected chi connectivity index (χ1v) is 15.8. The maximum atomic E-state index is 13.0. The number of hydrogen-bond acceptors (Lipinski definition) is 9. The molecule has 5 heterocycles. The van der Waals surface area contributed by atoms with E-state index >= 15 is 0 Å². The number of benzene rings is 1. The second-order valence-electron chi connectivity index (χ2n) is 10.5. The number of fused-ring (bicyclic) bond motifs is 3. The number of pyridine rings is 3. The molecular formula is C31H33N5O5S. The molecule has 0 unspecified atom stereocenters. The van der Waals surface area contributed by atoms with Crippen molar-refractivity contribution in [3.05, 3.63) is 82.8 Å². The lowest BCUT2D eigenvalue weighted by Gasteiger charge is -2.30. The molecule has 2 aliphatic rings. The number of hydrogen-bond donors (Lipinski definition) is 1. The van der Waals surface area contributed by atoms with E-state index in [9.17, 15) is 13.2 Å². The van der Waals surface area contributed by atoms with Crippen LogP contribution >= 0.6 is 0 Å². The van der Waals surface area contributed by atoms with Gasteiger partial charge in [-0.3, -0.25) is 9.78 Å². The zero-order valence-electron chi connectivity index (χ0n) is 23.7. The Kier molecular flexibility index (Phi) is 7.89. The van der Waals surface area contributed by atoms with Crippen molar-refractivity contribution in [1.82, 2.24) is 20.3 Å². The number of aromatic nitrogens is 3. The molecule has 2 aliphatic heterocycles. The summed E-state index contributed by atoms with van der Waals surface area (Å²) in [6, 6.07) is 14.7. The first-order valence-electron chi connectivity index (χ1n) is 14.2. The first-order chi connectivity index (χ1) is 20.3. The molecule has 6 rings (SSSR count). The van der Waals surface area contributed by atoms with Crippen LogP contribution in [0.4, 0.5) is 11.6 Å². The lowest BCUT2D eigenvalue weighted by molar-refractivity contribution is 0.0734. The zero-order chi connectivity index (χ0) is 29.3. The third-order valence-electron chi connectivity index (χ3n) is 7.63. The zero-order valence-corrected chi connectivity index (χ0v) is 24.5. The van der Waals surface area contributed by atoms with Crippen LogP contribution in [0.25, 0.3) is 10.9 Å². The topological polar surface area (TPSA) is 124 Å². The van der Waals surface area contributed by atoms with Crippen molar-refractivity contribution in [3.63, 3.8) is 0 Å². The largest absolute Gasteiger partial charge is 0.376 e. The van der Waals surface area contributed by atoms with Crippen molar-refractivity contribution in [2.24, 2.45) is 0 Å². The number of aryl methyl sites for hydroxylation is 1. The van der Waals surface area contributed by atoms with E-state index < -0.39 is 9.84 Å². The van der Waals surface area contributed by atoms with Gasteiger partial charge in [-0.05, 0) is 74.2 Å². The average Bonchev–Trinajstić information content (AvgIpc) is 3.16. The Morgan fingerprint density at radius 3 is 2.83 bits per heavy atom. The van der Waals surface area contributed by atoms with E-state index in [0.29, 0.717) is 17.9 Å². The predicted molar refractivity (Wildman–Crippen MR) is 158 cm³/mol. The minimum absolute atomic E-state index is 0.0956. The highest BCUT2D eigenvalue weighted by Crippen LogP contribution is 2.33. The van der Waals surface area contributed by atoms with Crippen LogP contribution in [0.5, 0.6) is 0 Å². The Morgan fingerprint density at radius 1 is 1.12 bits per heavy atom. The van der Waals surface area contributed by atoms with Crippen LogP contribution in [0.1, 0.15) is 59.2 Å². The summed E-state index contributed by atoms with van der Waals surface area (Å²) < 4.78 is 36.4. The highest BCUT2D eigenvalue weighted by Gasteiger charge is 2.25. The van der Waals surface area contributed by atoms with Crippen molar-refractivity contribution in [1.29, 1.82) is 0 Å². The van der Waals surface area contributed by atoms with E-state index in [1.165, 1.54) is 11.6 Å². The molecule has 3 aromatic heterocycles. The maximum Gasteiger partial charge on any atom is 0.251 e. The van der Waals surface area contributed by atoms with E-state index in [2.05, 4.69) is 21.3 Å². The smallest absolute Gasteiger partial charge is 0.251 e. The normalized spacial score (nSPS) is 16.8. The van der Waals surface area contributed by atoms with Crippen LogP contribution in [0.3, 0.4) is 0 Å². The van der Waals surface area contributed by atoms with E-state index in [-0.39, 0.29) is 48.0 Å². The summed E-state index contributed by atoms with van der Waals surface area (Å²) in [6.07, 6.45) is 3.61. The van der Waals surface area contributed by atoms with Gasteiger partial charge in [-0.25, -0.2) is 18.4 Å². The Bertz CT molecular complexity index is 1760. The van der Waals surface area contributed by atoms with Crippen LogP contribution in [0.15, 0.2) is 59.6 Å². The number of amides is 1. The van der Waals surface area contributed by atoms with Crippen LogP contribution < -0.4 is 10.2 Å². The van der Waals surface area contributed by atoms with Gasteiger partial charge in [0.2, 0.25) is 0 Å². The Balaban J connectivity index is 1.22. The SMILES string of the molecule is CCO[C@@H](C)c1ccc2c(n1)N(c1ccc3cnc(CNC(=O)c4ccc5c(c4)S(=O)(=O)CCOC5)cc3n1)CCC2. The quantitative estimate of drug-likeness (QED) is 0.334. The number of anilines is 2. The van der Waals surface area contributed by atoms with Gasteiger partial charge in [0.05, 0.1) is 53.4 Å². The summed E-state index contributed by atoms with van der Waals surface area (Å²) in [5.41, 5.74) is 4.32. The molecule has 42 heavy (non-hydrogen) atoms. The van der Waals surface area contributed by atoms with Crippen molar-refractivity contribution < 1.29 is 22.7 Å². The molecule has 0 aliphatic carbocycles. The fraction of sp³-hybridized carbons (Fsp3) is 0.355. The first kappa shape index (κ1) is 28.2. The lowest BCUT2D eigenvalue weighted by Crippen LogP contribution is -2.27. The van der Waals surface area contributed by atoms with Crippen molar-refractivity contribution in [2.75, 3.05) is 30.4 Å². The van der Waals surface area contributed by atoms with E-state index in [1.54, 1.807) is 18.3 Å². The molecule has 10 nitrogen and oxygen atoms in total. The summed E-state index contributed by atoms with van der Waals surface area (Å²) in [7, 11) is -3.51. The minimum atomic E-state index is -3.51. The predicted octanol–water partition coefficient (Wildman–Crippen LogP) is 4.44. The average molecular weight is 588 g/mol. The summed E-state index contributed by atoms with van der Waals surface area (Å²) in [5.74, 6) is 1.23. The fourth-order valence-corrected chi connectivity index (χ4v) is 6.76. The number of ether oxygens (including phenoxy) is 2. The highest BCUT2D eigenvalue weighted by molar-refractivity contribution is 7.91. The summed E-state index contributed by atoms with van der Waals surface area (Å²) in [6.45, 7) is 5.93. The van der Waals surface area contributed by atoms with Gasteiger partial charge < -0.3 is 19.7 Å². The third kappa shape index (κ3) is 5.72. The van der Waals surface area contributed by atoms with Crippen molar-refractivity contribution in [3.8, 4) is 0 Å². The second-order valence-corrected chi connectivity index (χ2v) is 12.6. The fourth-order valence-electron chi connectivity index (χ4n) is 5.37. The molecule has 1 N–H and O–H groups in total. The number of nitrogens with zero attached hydrogens (tertiary/aromatic N) is 4. The molecule has 11 heteroatoms. The Morgan fingerprint density at radius 2 is 1.98 bits per heavy atom. The summed E-state index contributed by atoms with van der Waals surface area (Å²) >= 11 is 0. The van der Waals surface area contributed by atoms with Gasteiger partial charge in [0.1, 0.15) is 11.6 Å². The Labute approximate surface area is 245 Å². The van der Waals surface area contributed by atoms with Crippen LogP contribution in [-0.4, -0.2) is 54.8 Å². The monoisotopic (exact) mass is 587 g/mol. The number of carbonyl (C=O) groups excluding carboxylic acids is 1. The molecule has 4 aromatic rings. The summed E-state index contributed by atoms with van der Waals surface area (Å²) in [5, 5.41) is 3.75. The van der Waals surface area contributed by atoms with Crippen LogP contribution in [0.2, 0.25) is 0 Å². The molecular weight excluding hydrogens is 554 g/mol. The molecule has 0 saturated heterocycles. The molecule has 0 fully saturated rings. The number of carbonyl (C=O) groups is 1. The molecule has 0 saturated carbocycles. The molecule has 0 spiro atoms. The van der Waals surface area contributed by atoms with Gasteiger partial charge in [-0.15, -0.1) is 0 Å². The van der Waals surface area contributed by atoms with Gasteiger partial charge >= 0.3 is 0 Å². The molecule has 0 radical (unpaired) electrons. The van der Waals surface area contributed by atoms with Gasteiger partial charge in [-0.2, -0.15) is 0 Å². The van der Waals surface area contributed by atoms with Crippen LogP contribution in [-0.2, 0) is 38.9 Å². The van der Waals surface area contributed by atoms with Gasteiger partial charge in [0.15, 0.2) is 9.84 Å². The molecule has 0 bridgehead atoms. The molecule has 1 atom stereocenters. The van der Waals surface area contributed by atoms with E-state index in [0.717, 1.165) is 47.6 Å². The summed E-state index contributed by atoms with van der Waals surface area (Å²) in [4.78, 5) is 29.7. The third-order valence-corrected chi connectivity index (χ3v) is 9.39. The van der Waals surface area contributed by atoms with Gasteiger partial charge in [0.25, 0.3) is 5.91 Å². The molecule has 1 aromatic carbocycles. The second kappa shape index (κ2) is 11.7. The Hall–Kier alpha value is -3.93. The van der Waals surface area contributed by atoms with Crippen molar-refractivity contribution >= 4 is 38.3 Å². The van der Waals surface area contributed by atoms with Crippen molar-refractivity contribution in [2.45, 2.75) is 50.8 Å². The molecule has 218 valence electrons. The molecule has 1 amide bonds. The maximum absolute atomic E-state index is 13.0. The number of nitrogens with one attached hydrogen (secondary N) is 1. The number of rotatable bonds is 7. The van der Waals surface area contributed by atoms with Crippen LogP contribution in [0, 0.1) is 0 Å². The standard InChI is InChI=1S/C31H33N5O5S/c1-3-41-20(2)26-10-8-21-5-4-12-36(30(21)35-26)29-11-9-23-17-32-25(16-27(23)34-29)18-33-31(37)22-6-7-24-19-40-13-14-42(38,39)28(24)15-22/h6-11,15-17,20H,3-5,12-14,18-19H2,1-2H3,(H,33,37)/t20-/m0/s1. The highest BCUT2D eigenvalue weighted by atomic mass is 32.2.